The number of hydrogen-bond acceptors (Lipinski definition) is 8. The Kier molecular flexibility index (Phi) is 3.75. The molecule has 4 heterocycles. The number of methoxy groups -OCH3 is 2. The van der Waals surface area contributed by atoms with Gasteiger partial charge in [-0.3, -0.25) is 23.5 Å². The molecule has 0 aliphatic carbocycles. The smallest absolute Gasteiger partial charge is 0.300 e. The maximum Gasteiger partial charge on any atom is 0.300 e. The van der Waals surface area contributed by atoms with Crippen LogP contribution in [0.5, 0.6) is 12.0 Å². The number of fused-ring (bicyclic) bond motifs is 6. The van der Waals surface area contributed by atoms with Crippen molar-refractivity contribution in [2.75, 3.05) is 24.9 Å². The summed E-state index contributed by atoms with van der Waals surface area (Å²) >= 11 is 0. The van der Waals surface area contributed by atoms with Gasteiger partial charge in [0.25, 0.3) is 11.1 Å². The van der Waals surface area contributed by atoms with E-state index in [0.717, 1.165) is 0 Å². The van der Waals surface area contributed by atoms with E-state index in [4.69, 9.17) is 9.47 Å². The Balaban J connectivity index is 2.02. The topological polar surface area (TPSA) is 129 Å². The van der Waals surface area contributed by atoms with E-state index < -0.39 is 22.4 Å². The molecule has 158 valence electrons. The summed E-state index contributed by atoms with van der Waals surface area (Å²) in [6, 6.07) is 7.00. The third-order valence-electron chi connectivity index (χ3n) is 5.77. The van der Waals surface area contributed by atoms with Crippen molar-refractivity contribution in [1.82, 2.24) is 19.1 Å². The Morgan fingerprint density at radius 2 is 1.35 bits per heavy atom. The molecular formula is C20H18N6O5. The molecule has 0 fully saturated rings. The van der Waals surface area contributed by atoms with Crippen molar-refractivity contribution >= 4 is 23.2 Å². The largest absolute Gasteiger partial charge is 0.468 e. The fourth-order valence-corrected chi connectivity index (χ4v) is 4.38. The number of carbonyl (C=O) groups is 1. The highest BCUT2D eigenvalue weighted by atomic mass is 16.5. The first kappa shape index (κ1) is 18.9. The first-order valence-corrected chi connectivity index (χ1v) is 9.35. The summed E-state index contributed by atoms with van der Waals surface area (Å²) in [6.45, 7) is 0. The molecule has 31 heavy (non-hydrogen) atoms. The number of ether oxygens (including phenoxy) is 2. The number of para-hydroxylation sites is 1. The van der Waals surface area contributed by atoms with Crippen LogP contribution in [0, 0.1) is 0 Å². The summed E-state index contributed by atoms with van der Waals surface area (Å²) in [4.78, 5) is 49.4. The lowest BCUT2D eigenvalue weighted by atomic mass is 9.69. The Morgan fingerprint density at radius 3 is 1.87 bits per heavy atom. The number of nitrogens with one attached hydrogen (secondary N) is 2. The van der Waals surface area contributed by atoms with E-state index >= 15 is 0 Å². The van der Waals surface area contributed by atoms with E-state index in [-0.39, 0.29) is 34.8 Å². The van der Waals surface area contributed by atoms with Gasteiger partial charge in [0.2, 0.25) is 5.91 Å². The van der Waals surface area contributed by atoms with Crippen LogP contribution in [0.2, 0.25) is 0 Å². The first-order valence-electron chi connectivity index (χ1n) is 9.35. The molecule has 0 radical (unpaired) electrons. The fourth-order valence-electron chi connectivity index (χ4n) is 4.38. The lowest BCUT2D eigenvalue weighted by molar-refractivity contribution is -0.118. The van der Waals surface area contributed by atoms with Gasteiger partial charge in [-0.1, -0.05) is 18.2 Å². The van der Waals surface area contributed by atoms with Crippen LogP contribution < -0.4 is 31.2 Å². The first-order chi connectivity index (χ1) is 14.9. The van der Waals surface area contributed by atoms with Crippen molar-refractivity contribution in [1.29, 1.82) is 0 Å². The van der Waals surface area contributed by atoms with Crippen molar-refractivity contribution in [2.24, 2.45) is 14.1 Å². The second-order valence-electron chi connectivity index (χ2n) is 7.25. The maximum atomic E-state index is 13.6. The monoisotopic (exact) mass is 422 g/mol. The van der Waals surface area contributed by atoms with Gasteiger partial charge in [0, 0.05) is 25.3 Å². The van der Waals surface area contributed by atoms with E-state index in [1.807, 2.05) is 0 Å². The molecule has 0 unspecified atom stereocenters. The summed E-state index contributed by atoms with van der Waals surface area (Å²) in [5.41, 5.74) is -1.77. The molecule has 5 rings (SSSR count). The molecule has 1 aromatic carbocycles. The van der Waals surface area contributed by atoms with Crippen LogP contribution in [-0.2, 0) is 24.3 Å². The van der Waals surface area contributed by atoms with Gasteiger partial charge in [0.15, 0.2) is 0 Å². The van der Waals surface area contributed by atoms with Gasteiger partial charge in [-0.05, 0) is 6.07 Å². The lowest BCUT2D eigenvalue weighted by Gasteiger charge is -2.34. The van der Waals surface area contributed by atoms with Crippen LogP contribution in [-0.4, -0.2) is 39.2 Å². The molecule has 11 heteroatoms. The van der Waals surface area contributed by atoms with Crippen LogP contribution in [0.25, 0.3) is 0 Å². The summed E-state index contributed by atoms with van der Waals surface area (Å²) in [7, 11) is 5.74. The maximum absolute atomic E-state index is 13.6. The zero-order valence-electron chi connectivity index (χ0n) is 17.1. The zero-order valence-corrected chi connectivity index (χ0v) is 17.1. The van der Waals surface area contributed by atoms with E-state index in [2.05, 4.69) is 20.6 Å². The average Bonchev–Trinajstić information content (AvgIpc) is 3.05. The zero-order chi connectivity index (χ0) is 22.1. The van der Waals surface area contributed by atoms with Crippen molar-refractivity contribution in [3.8, 4) is 12.0 Å². The Morgan fingerprint density at radius 1 is 0.839 bits per heavy atom. The molecule has 0 saturated carbocycles. The molecule has 3 aromatic rings. The van der Waals surface area contributed by atoms with Gasteiger partial charge in [-0.2, -0.15) is 9.97 Å². The van der Waals surface area contributed by atoms with Gasteiger partial charge in [0.05, 0.1) is 25.3 Å². The molecule has 1 amide bonds. The highest BCUT2D eigenvalue weighted by Crippen LogP contribution is 2.52. The minimum Gasteiger partial charge on any atom is -0.468 e. The summed E-state index contributed by atoms with van der Waals surface area (Å²) in [5.74, 6) is -0.366. The van der Waals surface area contributed by atoms with Crippen molar-refractivity contribution < 1.29 is 14.3 Å². The van der Waals surface area contributed by atoms with Gasteiger partial charge >= 0.3 is 12.0 Å². The number of nitrogens with zero attached hydrogens (tertiary/aromatic N) is 4. The van der Waals surface area contributed by atoms with Crippen LogP contribution in [0.3, 0.4) is 0 Å². The number of amides is 1. The van der Waals surface area contributed by atoms with Crippen LogP contribution in [0.4, 0.5) is 17.3 Å². The normalized spacial score (nSPS) is 14.9. The van der Waals surface area contributed by atoms with Gasteiger partial charge in [0.1, 0.15) is 17.1 Å². The van der Waals surface area contributed by atoms with E-state index in [9.17, 15) is 14.4 Å². The molecule has 0 bridgehead atoms. The van der Waals surface area contributed by atoms with Crippen molar-refractivity contribution in [3.63, 3.8) is 0 Å². The van der Waals surface area contributed by atoms with Crippen LogP contribution >= 0.6 is 0 Å². The van der Waals surface area contributed by atoms with Gasteiger partial charge < -0.3 is 20.1 Å². The summed E-state index contributed by atoms with van der Waals surface area (Å²) in [5, 5.41) is 5.75. The predicted molar refractivity (Wildman–Crippen MR) is 110 cm³/mol. The second kappa shape index (κ2) is 6.17. The summed E-state index contributed by atoms with van der Waals surface area (Å²) in [6.07, 6.45) is 0. The SMILES string of the molecule is COc1nc2c(c(=O)n1C)C1(C(=O)Nc3ccccc31)c1c(nc(OC)n(C)c1=O)N2. The summed E-state index contributed by atoms with van der Waals surface area (Å²) < 4.78 is 12.8. The molecule has 2 N–H and O–H groups in total. The van der Waals surface area contributed by atoms with Crippen LogP contribution in [0.15, 0.2) is 33.9 Å². The van der Waals surface area contributed by atoms with E-state index in [1.54, 1.807) is 24.3 Å². The number of anilines is 3. The highest BCUT2D eigenvalue weighted by Gasteiger charge is 2.58. The van der Waals surface area contributed by atoms with Gasteiger partial charge in [-0.15, -0.1) is 0 Å². The standard InChI is InChI=1S/C20H18N6O5/c1-25-15(27)11-13(23-18(25)30-3)22-14-12(16(28)26(2)19(24-14)31-4)20(11)9-7-5-6-8-10(9)21-17(20)29/h5-8,22H,1-4H3,(H,21,29). The molecule has 2 aliphatic heterocycles. The fraction of sp³-hybridized carbons (Fsp3) is 0.250. The Hall–Kier alpha value is -4.15. The number of carbonyl (C=O) groups excluding carboxylic acids is 1. The van der Waals surface area contributed by atoms with E-state index in [1.165, 1.54) is 37.4 Å². The molecular weight excluding hydrogens is 404 g/mol. The number of benzene rings is 1. The minimum absolute atomic E-state index is 0.0230. The molecule has 0 saturated heterocycles. The van der Waals surface area contributed by atoms with Crippen LogP contribution in [0.1, 0.15) is 16.7 Å². The third kappa shape index (κ3) is 2.14. The predicted octanol–water partition coefficient (Wildman–Crippen LogP) is 0.235. The van der Waals surface area contributed by atoms with Crippen molar-refractivity contribution in [3.05, 3.63) is 61.7 Å². The quantitative estimate of drug-likeness (QED) is 0.601. The van der Waals surface area contributed by atoms with Gasteiger partial charge in [-0.25, -0.2) is 0 Å². The van der Waals surface area contributed by atoms with Crippen molar-refractivity contribution in [2.45, 2.75) is 5.41 Å². The average molecular weight is 422 g/mol. The molecule has 1 spiro atoms. The second-order valence-corrected chi connectivity index (χ2v) is 7.25. The molecule has 2 aromatic heterocycles. The number of aromatic nitrogens is 4. The molecule has 0 atom stereocenters. The number of hydrogen-bond donors (Lipinski definition) is 2. The Bertz CT molecular complexity index is 1330. The lowest BCUT2D eigenvalue weighted by Crippen LogP contribution is -2.50. The van der Waals surface area contributed by atoms with E-state index in [0.29, 0.717) is 11.3 Å². The Labute approximate surface area is 175 Å². The minimum atomic E-state index is -1.74. The third-order valence-corrected chi connectivity index (χ3v) is 5.77. The molecule has 2 aliphatic rings. The highest BCUT2D eigenvalue weighted by molar-refractivity contribution is 6.13. The molecule has 11 nitrogen and oxygen atoms in total. The number of rotatable bonds is 2.